The molecule has 0 aromatic heterocycles. The predicted octanol–water partition coefficient (Wildman–Crippen LogP) is 3.14. The molecule has 0 saturated carbocycles. The maximum Gasteiger partial charge on any atom is 0.228 e. The average molecular weight is 289 g/mol. The first-order valence-corrected chi connectivity index (χ1v) is 6.69. The molecule has 1 aromatic rings. The van der Waals surface area contributed by atoms with Crippen LogP contribution < -0.4 is 11.1 Å². The number of anilines is 1. The molecule has 18 heavy (non-hydrogen) atoms. The van der Waals surface area contributed by atoms with Crippen LogP contribution in [0.15, 0.2) is 29.2 Å². The highest BCUT2D eigenvalue weighted by Gasteiger charge is 2.13. The summed E-state index contributed by atoms with van der Waals surface area (Å²) in [5.41, 5.74) is 6.35. The molecule has 5 heteroatoms. The van der Waals surface area contributed by atoms with Crippen LogP contribution >= 0.6 is 24.2 Å². The lowest BCUT2D eigenvalue weighted by Gasteiger charge is -2.14. The molecule has 0 aliphatic heterocycles. The number of para-hydroxylation sites is 1. The van der Waals surface area contributed by atoms with Crippen molar-refractivity contribution in [2.45, 2.75) is 30.9 Å². The molecule has 0 heterocycles. The summed E-state index contributed by atoms with van der Waals surface area (Å²) in [5.74, 6) is -0.184. The molecule has 1 atom stereocenters. The van der Waals surface area contributed by atoms with E-state index in [1.165, 1.54) is 0 Å². The molecule has 102 valence electrons. The third-order valence-corrected chi connectivity index (χ3v) is 3.39. The summed E-state index contributed by atoms with van der Waals surface area (Å²) in [7, 11) is 0. The van der Waals surface area contributed by atoms with E-state index in [1.54, 1.807) is 11.8 Å². The standard InChI is InChI=1S/C13H20N2OS.ClH/c1-9(2)17-12-7-5-4-6-11(12)15-13(16)10(3)8-14;/h4-7,9-10H,8,14H2,1-3H3,(H,15,16);1H. The van der Waals surface area contributed by atoms with Crippen molar-refractivity contribution in [3.05, 3.63) is 24.3 Å². The Morgan fingerprint density at radius 3 is 2.50 bits per heavy atom. The number of hydrogen-bond acceptors (Lipinski definition) is 3. The van der Waals surface area contributed by atoms with E-state index in [0.29, 0.717) is 11.8 Å². The van der Waals surface area contributed by atoms with Crippen LogP contribution in [0.25, 0.3) is 0 Å². The van der Waals surface area contributed by atoms with E-state index in [2.05, 4.69) is 19.2 Å². The number of benzene rings is 1. The van der Waals surface area contributed by atoms with Crippen molar-refractivity contribution < 1.29 is 4.79 Å². The van der Waals surface area contributed by atoms with Gasteiger partial charge in [0.2, 0.25) is 5.91 Å². The summed E-state index contributed by atoms with van der Waals surface area (Å²) in [6, 6.07) is 7.85. The molecule has 0 fully saturated rings. The van der Waals surface area contributed by atoms with Gasteiger partial charge in [0.05, 0.1) is 5.69 Å². The van der Waals surface area contributed by atoms with Gasteiger partial charge in [-0.15, -0.1) is 24.2 Å². The Kier molecular flexibility index (Phi) is 8.07. The second-order valence-corrected chi connectivity index (χ2v) is 5.91. The number of halogens is 1. The number of amides is 1. The summed E-state index contributed by atoms with van der Waals surface area (Å²) in [4.78, 5) is 12.9. The molecule has 0 aliphatic rings. The van der Waals surface area contributed by atoms with E-state index >= 15 is 0 Å². The SMILES string of the molecule is CC(C)Sc1ccccc1NC(=O)C(C)CN.Cl. The highest BCUT2D eigenvalue weighted by molar-refractivity contribution is 8.00. The van der Waals surface area contributed by atoms with Crippen LogP contribution in [0.4, 0.5) is 5.69 Å². The van der Waals surface area contributed by atoms with Crippen molar-refractivity contribution in [2.24, 2.45) is 11.7 Å². The summed E-state index contributed by atoms with van der Waals surface area (Å²) in [5, 5.41) is 3.41. The summed E-state index contributed by atoms with van der Waals surface area (Å²) >= 11 is 1.74. The second kappa shape index (κ2) is 8.40. The fraction of sp³-hybridized carbons (Fsp3) is 0.462. The first kappa shape index (κ1) is 17.3. The van der Waals surface area contributed by atoms with Crippen LogP contribution in [0.1, 0.15) is 20.8 Å². The van der Waals surface area contributed by atoms with Crippen molar-refractivity contribution in [1.29, 1.82) is 0 Å². The quantitative estimate of drug-likeness (QED) is 0.819. The summed E-state index contributed by atoms with van der Waals surface area (Å²) in [6.07, 6.45) is 0. The van der Waals surface area contributed by atoms with Crippen LogP contribution in [-0.2, 0) is 4.79 Å². The van der Waals surface area contributed by atoms with Crippen LogP contribution in [0.2, 0.25) is 0 Å². The first-order valence-electron chi connectivity index (χ1n) is 5.81. The molecule has 0 aliphatic carbocycles. The molecule has 1 aromatic carbocycles. The van der Waals surface area contributed by atoms with Crippen LogP contribution in [0.5, 0.6) is 0 Å². The van der Waals surface area contributed by atoms with E-state index in [4.69, 9.17) is 5.73 Å². The van der Waals surface area contributed by atoms with Crippen LogP contribution in [-0.4, -0.2) is 17.7 Å². The molecule has 1 amide bonds. The molecule has 1 unspecified atom stereocenters. The highest BCUT2D eigenvalue weighted by Crippen LogP contribution is 2.30. The van der Waals surface area contributed by atoms with Gasteiger partial charge in [0.25, 0.3) is 0 Å². The zero-order valence-electron chi connectivity index (χ0n) is 11.0. The molecule has 3 N–H and O–H groups in total. The highest BCUT2D eigenvalue weighted by atomic mass is 35.5. The van der Waals surface area contributed by atoms with Gasteiger partial charge in [0.15, 0.2) is 0 Å². The van der Waals surface area contributed by atoms with Gasteiger partial charge in [-0.05, 0) is 12.1 Å². The molecular formula is C13H21ClN2OS. The molecule has 1 rings (SSSR count). The van der Waals surface area contributed by atoms with E-state index in [1.807, 2.05) is 31.2 Å². The molecular weight excluding hydrogens is 268 g/mol. The largest absolute Gasteiger partial charge is 0.330 e. The smallest absolute Gasteiger partial charge is 0.228 e. The monoisotopic (exact) mass is 288 g/mol. The minimum Gasteiger partial charge on any atom is -0.330 e. The molecule has 0 bridgehead atoms. The number of nitrogens with two attached hydrogens (primary N) is 1. The van der Waals surface area contributed by atoms with Crippen molar-refractivity contribution in [2.75, 3.05) is 11.9 Å². The minimum atomic E-state index is -0.160. The van der Waals surface area contributed by atoms with E-state index in [-0.39, 0.29) is 24.2 Å². The third kappa shape index (κ3) is 5.29. The van der Waals surface area contributed by atoms with Crippen molar-refractivity contribution in [3.8, 4) is 0 Å². The van der Waals surface area contributed by atoms with Gasteiger partial charge in [0, 0.05) is 22.6 Å². The Labute approximate surface area is 119 Å². The third-order valence-electron chi connectivity index (χ3n) is 2.31. The number of carbonyl (C=O) groups is 1. The van der Waals surface area contributed by atoms with Gasteiger partial charge in [-0.1, -0.05) is 32.9 Å². The van der Waals surface area contributed by atoms with Crippen LogP contribution in [0.3, 0.4) is 0 Å². The summed E-state index contributed by atoms with van der Waals surface area (Å²) in [6.45, 7) is 6.45. The fourth-order valence-corrected chi connectivity index (χ4v) is 2.20. The Morgan fingerprint density at radius 2 is 1.94 bits per heavy atom. The van der Waals surface area contributed by atoms with Gasteiger partial charge in [-0.25, -0.2) is 0 Å². The molecule has 0 spiro atoms. The maximum atomic E-state index is 11.8. The zero-order valence-corrected chi connectivity index (χ0v) is 12.6. The molecule has 0 radical (unpaired) electrons. The van der Waals surface area contributed by atoms with E-state index in [9.17, 15) is 4.79 Å². The lowest BCUT2D eigenvalue weighted by atomic mass is 10.1. The fourth-order valence-electron chi connectivity index (χ4n) is 1.29. The second-order valence-electron chi connectivity index (χ2n) is 4.29. The Balaban J connectivity index is 0.00000289. The average Bonchev–Trinajstić information content (AvgIpc) is 2.29. The van der Waals surface area contributed by atoms with Gasteiger partial charge in [-0.3, -0.25) is 4.79 Å². The van der Waals surface area contributed by atoms with Gasteiger partial charge >= 0.3 is 0 Å². The topological polar surface area (TPSA) is 55.1 Å². The van der Waals surface area contributed by atoms with E-state index in [0.717, 1.165) is 10.6 Å². The first-order chi connectivity index (χ1) is 8.04. The lowest BCUT2D eigenvalue weighted by molar-refractivity contribution is -0.119. The van der Waals surface area contributed by atoms with Crippen molar-refractivity contribution in [1.82, 2.24) is 0 Å². The number of rotatable bonds is 5. The Bertz CT molecular complexity index is 385. The van der Waals surface area contributed by atoms with Gasteiger partial charge < -0.3 is 11.1 Å². The molecule has 0 saturated heterocycles. The predicted molar refractivity (Wildman–Crippen MR) is 81.5 cm³/mol. The van der Waals surface area contributed by atoms with Crippen molar-refractivity contribution >= 4 is 35.8 Å². The maximum absolute atomic E-state index is 11.8. The number of carbonyl (C=O) groups excluding carboxylic acids is 1. The number of nitrogens with one attached hydrogen (secondary N) is 1. The number of thioether (sulfide) groups is 1. The normalized spacial score (nSPS) is 11.8. The van der Waals surface area contributed by atoms with Gasteiger partial charge in [0.1, 0.15) is 0 Å². The number of hydrogen-bond donors (Lipinski definition) is 2. The zero-order chi connectivity index (χ0) is 12.8. The van der Waals surface area contributed by atoms with Crippen LogP contribution in [0, 0.1) is 5.92 Å². The Morgan fingerprint density at radius 1 is 1.33 bits per heavy atom. The molecule has 3 nitrogen and oxygen atoms in total. The summed E-state index contributed by atoms with van der Waals surface area (Å²) < 4.78 is 0. The van der Waals surface area contributed by atoms with E-state index < -0.39 is 0 Å². The Hall–Kier alpha value is -0.710. The van der Waals surface area contributed by atoms with Crippen molar-refractivity contribution in [3.63, 3.8) is 0 Å². The van der Waals surface area contributed by atoms with Gasteiger partial charge in [-0.2, -0.15) is 0 Å². The minimum absolute atomic E-state index is 0. The lowest BCUT2D eigenvalue weighted by Crippen LogP contribution is -2.26.